The Hall–Kier alpha value is -4.76. The first-order valence-corrected chi connectivity index (χ1v) is 17.1. The third-order valence-corrected chi connectivity index (χ3v) is 9.12. The van der Waals surface area contributed by atoms with Crippen LogP contribution in [0.5, 0.6) is 0 Å². The number of carboxylic acid groups (broad SMARTS) is 1. The summed E-state index contributed by atoms with van der Waals surface area (Å²) in [7, 11) is 0. The topological polar surface area (TPSA) is 116 Å². The van der Waals surface area contributed by atoms with Crippen LogP contribution in [0.25, 0.3) is 11.4 Å². The van der Waals surface area contributed by atoms with Gasteiger partial charge in [0.05, 0.1) is 23.8 Å². The van der Waals surface area contributed by atoms with Gasteiger partial charge in [0, 0.05) is 37.9 Å². The van der Waals surface area contributed by atoms with E-state index < -0.39 is 12.0 Å². The third kappa shape index (κ3) is 8.02. The molecular formula is C39H46N4O5. The predicted octanol–water partition coefficient (Wildman–Crippen LogP) is 6.48. The Bertz CT molecular complexity index is 1710. The maximum atomic E-state index is 14.5. The van der Waals surface area contributed by atoms with E-state index in [1.807, 2.05) is 51.9 Å². The van der Waals surface area contributed by atoms with Gasteiger partial charge in [-0.2, -0.15) is 0 Å². The molecule has 3 aromatic carbocycles. The van der Waals surface area contributed by atoms with E-state index in [2.05, 4.69) is 26.0 Å². The zero-order valence-corrected chi connectivity index (χ0v) is 28.0. The summed E-state index contributed by atoms with van der Waals surface area (Å²) < 4.78 is 1.93. The van der Waals surface area contributed by atoms with Crippen molar-refractivity contribution in [1.29, 1.82) is 0 Å². The van der Waals surface area contributed by atoms with Crippen LogP contribution < -0.4 is 0 Å². The molecule has 4 aromatic rings. The highest BCUT2D eigenvalue weighted by molar-refractivity contribution is 6.03. The minimum absolute atomic E-state index is 0.0242. The van der Waals surface area contributed by atoms with Gasteiger partial charge in [0.1, 0.15) is 11.5 Å². The second kappa shape index (κ2) is 16.4. The van der Waals surface area contributed by atoms with E-state index in [1.165, 1.54) is 17.7 Å². The largest absolute Gasteiger partial charge is 0.478 e. The van der Waals surface area contributed by atoms with Gasteiger partial charge >= 0.3 is 5.97 Å². The number of carboxylic acids is 1. The zero-order chi connectivity index (χ0) is 34.0. The van der Waals surface area contributed by atoms with Crippen molar-refractivity contribution in [2.75, 3.05) is 19.7 Å². The maximum Gasteiger partial charge on any atom is 0.335 e. The molecule has 2 N–H and O–H groups in total. The average Bonchev–Trinajstić information content (AvgIpc) is 3.54. The summed E-state index contributed by atoms with van der Waals surface area (Å²) in [5.74, 6) is -1.25. The molecule has 1 aromatic heterocycles. The summed E-state index contributed by atoms with van der Waals surface area (Å²) in [6.45, 7) is 6.08. The van der Waals surface area contributed by atoms with Gasteiger partial charge in [0.25, 0.3) is 11.8 Å². The number of hydrogen-bond acceptors (Lipinski definition) is 5. The molecule has 1 atom stereocenters. The Morgan fingerprint density at radius 3 is 2.25 bits per heavy atom. The van der Waals surface area contributed by atoms with Crippen molar-refractivity contribution < 1.29 is 24.6 Å². The zero-order valence-electron chi connectivity index (χ0n) is 28.0. The van der Waals surface area contributed by atoms with Crippen molar-refractivity contribution in [2.24, 2.45) is 0 Å². The number of aliphatic hydroxyl groups excluding tert-OH is 1. The van der Waals surface area contributed by atoms with Gasteiger partial charge in [-0.05, 0) is 67.0 Å². The van der Waals surface area contributed by atoms with E-state index in [0.29, 0.717) is 43.1 Å². The van der Waals surface area contributed by atoms with Crippen LogP contribution in [0.2, 0.25) is 0 Å². The number of nitrogens with zero attached hydrogens (tertiary/aromatic N) is 4. The number of imidazole rings is 1. The van der Waals surface area contributed by atoms with E-state index in [4.69, 9.17) is 4.98 Å². The second-order valence-corrected chi connectivity index (χ2v) is 12.5. The smallest absolute Gasteiger partial charge is 0.335 e. The van der Waals surface area contributed by atoms with Crippen LogP contribution in [-0.4, -0.2) is 73.1 Å². The van der Waals surface area contributed by atoms with E-state index >= 15 is 0 Å². The molecule has 48 heavy (non-hydrogen) atoms. The van der Waals surface area contributed by atoms with E-state index in [0.717, 1.165) is 49.7 Å². The normalized spacial score (nSPS) is 14.1. The van der Waals surface area contributed by atoms with Crippen LogP contribution in [0.1, 0.15) is 93.8 Å². The van der Waals surface area contributed by atoms with Crippen molar-refractivity contribution >= 4 is 17.8 Å². The van der Waals surface area contributed by atoms with Crippen molar-refractivity contribution in [3.8, 4) is 11.4 Å². The van der Waals surface area contributed by atoms with Crippen LogP contribution in [0, 0.1) is 0 Å². The van der Waals surface area contributed by atoms with Crippen molar-refractivity contribution in [3.05, 3.63) is 113 Å². The molecule has 1 unspecified atom stereocenters. The number of unbranched alkanes of at least 4 members (excludes halogenated alkanes) is 2. The lowest BCUT2D eigenvalue weighted by atomic mass is 9.92. The first kappa shape index (κ1) is 34.6. The van der Waals surface area contributed by atoms with Gasteiger partial charge in [-0.1, -0.05) is 81.3 Å². The van der Waals surface area contributed by atoms with Crippen molar-refractivity contribution in [3.63, 3.8) is 0 Å². The highest BCUT2D eigenvalue weighted by Crippen LogP contribution is 2.31. The monoisotopic (exact) mass is 650 g/mol. The van der Waals surface area contributed by atoms with Crippen LogP contribution >= 0.6 is 0 Å². The molecule has 1 aliphatic heterocycles. The quantitative estimate of drug-likeness (QED) is 0.152. The van der Waals surface area contributed by atoms with Gasteiger partial charge in [0.15, 0.2) is 0 Å². The number of carbonyl (C=O) groups is 3. The first-order valence-electron chi connectivity index (χ1n) is 17.1. The maximum absolute atomic E-state index is 14.5. The average molecular weight is 651 g/mol. The van der Waals surface area contributed by atoms with Gasteiger partial charge in [-0.3, -0.25) is 9.59 Å². The number of fused-ring (bicyclic) bond motifs is 1. The minimum atomic E-state index is -1.15. The fraction of sp³-hybridized carbons (Fsp3) is 0.385. The molecule has 0 saturated heterocycles. The molecule has 0 saturated carbocycles. The number of rotatable bonds is 15. The number of carbonyl (C=O) groups excluding carboxylic acids is 2. The third-order valence-electron chi connectivity index (χ3n) is 9.12. The summed E-state index contributed by atoms with van der Waals surface area (Å²) in [5.41, 5.74) is 4.17. The number of aromatic carboxylic acids is 1. The molecule has 0 fully saturated rings. The summed E-state index contributed by atoms with van der Waals surface area (Å²) >= 11 is 0. The standard InChI is InChI=1S/C39H46N4O5/c1-3-5-20-41(21-6-4-2)38(46)35-26-42(22-12-15-28-13-8-7-9-14-28)36(40-35)33-19-18-30(39(47)48)24-34(33)37(45)43-25-31-17-11-10-16-29(31)23-32(43)27-44/h7-11,13-14,16-19,24,26,32,44H,3-6,12,15,20-23,25,27H2,1-2H3,(H,47,48). The number of amides is 2. The second-order valence-electron chi connectivity index (χ2n) is 12.5. The van der Waals surface area contributed by atoms with E-state index in [9.17, 15) is 24.6 Å². The highest BCUT2D eigenvalue weighted by Gasteiger charge is 2.32. The highest BCUT2D eigenvalue weighted by atomic mass is 16.4. The van der Waals surface area contributed by atoms with Crippen LogP contribution in [0.3, 0.4) is 0 Å². The Morgan fingerprint density at radius 2 is 1.58 bits per heavy atom. The Morgan fingerprint density at radius 1 is 0.896 bits per heavy atom. The number of hydrogen-bond donors (Lipinski definition) is 2. The lowest BCUT2D eigenvalue weighted by Crippen LogP contribution is -2.46. The molecule has 0 bridgehead atoms. The molecule has 0 radical (unpaired) electrons. The summed E-state index contributed by atoms with van der Waals surface area (Å²) in [5, 5.41) is 20.3. The van der Waals surface area contributed by atoms with Crippen molar-refractivity contribution in [2.45, 2.75) is 77.9 Å². The molecule has 2 amide bonds. The predicted molar refractivity (Wildman–Crippen MR) is 186 cm³/mol. The first-order chi connectivity index (χ1) is 23.3. The lowest BCUT2D eigenvalue weighted by molar-refractivity contribution is 0.0544. The molecule has 0 aliphatic carbocycles. The van der Waals surface area contributed by atoms with Crippen LogP contribution in [0.15, 0.2) is 79.0 Å². The number of aliphatic hydroxyl groups is 1. The van der Waals surface area contributed by atoms with E-state index in [-0.39, 0.29) is 36.1 Å². The molecule has 252 valence electrons. The lowest BCUT2D eigenvalue weighted by Gasteiger charge is -2.36. The molecule has 5 rings (SSSR count). The van der Waals surface area contributed by atoms with Crippen LogP contribution in [0.4, 0.5) is 0 Å². The summed E-state index contributed by atoms with van der Waals surface area (Å²) in [6, 6.07) is 22.0. The summed E-state index contributed by atoms with van der Waals surface area (Å²) in [6.07, 6.45) is 7.56. The Kier molecular flexibility index (Phi) is 11.8. The minimum Gasteiger partial charge on any atom is -0.478 e. The summed E-state index contributed by atoms with van der Waals surface area (Å²) in [4.78, 5) is 48.9. The Labute approximate surface area is 282 Å². The van der Waals surface area contributed by atoms with Gasteiger partial charge in [0.2, 0.25) is 0 Å². The molecule has 1 aliphatic rings. The number of benzene rings is 3. The Balaban J connectivity index is 1.57. The van der Waals surface area contributed by atoms with Gasteiger partial charge < -0.3 is 24.6 Å². The van der Waals surface area contributed by atoms with Crippen LogP contribution in [-0.2, 0) is 25.9 Å². The molecule has 9 nitrogen and oxygen atoms in total. The molecule has 2 heterocycles. The van der Waals surface area contributed by atoms with Crippen molar-refractivity contribution in [1.82, 2.24) is 19.4 Å². The SMILES string of the molecule is CCCCN(CCCC)C(=O)c1cn(CCCc2ccccc2)c(-c2ccc(C(=O)O)cc2C(=O)N2Cc3ccccc3CC2CO)n1. The molecular weight excluding hydrogens is 604 g/mol. The fourth-order valence-corrected chi connectivity index (χ4v) is 6.37. The molecule has 0 spiro atoms. The van der Waals surface area contributed by atoms with Gasteiger partial charge in [-0.25, -0.2) is 9.78 Å². The van der Waals surface area contributed by atoms with Gasteiger partial charge in [-0.15, -0.1) is 0 Å². The van der Waals surface area contributed by atoms with E-state index in [1.54, 1.807) is 17.2 Å². The molecule has 9 heteroatoms. The number of aryl methyl sites for hydroxylation is 2. The fourth-order valence-electron chi connectivity index (χ4n) is 6.37. The number of aromatic nitrogens is 2.